The molecular formula is C18H23NO3. The van der Waals surface area contributed by atoms with Crippen molar-refractivity contribution in [3.63, 3.8) is 0 Å². The number of carboxylic acid groups (broad SMARTS) is 1. The van der Waals surface area contributed by atoms with Crippen LogP contribution in [0.2, 0.25) is 0 Å². The Balaban J connectivity index is 1.54. The normalized spacial score (nSPS) is 27.5. The first-order chi connectivity index (χ1) is 10.6. The Bertz CT molecular complexity index is 543. The minimum atomic E-state index is -0.967. The highest BCUT2D eigenvalue weighted by atomic mass is 16.4. The summed E-state index contributed by atoms with van der Waals surface area (Å²) in [6.45, 7) is 0. The fourth-order valence-corrected chi connectivity index (χ4v) is 4.17. The van der Waals surface area contributed by atoms with Gasteiger partial charge in [-0.1, -0.05) is 36.8 Å². The Morgan fingerprint density at radius 2 is 1.95 bits per heavy atom. The van der Waals surface area contributed by atoms with Gasteiger partial charge in [-0.15, -0.1) is 0 Å². The van der Waals surface area contributed by atoms with E-state index in [0.717, 1.165) is 17.9 Å². The second kappa shape index (κ2) is 6.51. The smallest absolute Gasteiger partial charge is 0.326 e. The molecule has 2 bridgehead atoms. The van der Waals surface area contributed by atoms with Crippen molar-refractivity contribution in [3.05, 3.63) is 35.9 Å². The van der Waals surface area contributed by atoms with Crippen LogP contribution in [-0.4, -0.2) is 23.0 Å². The molecule has 4 unspecified atom stereocenters. The zero-order valence-electron chi connectivity index (χ0n) is 12.7. The summed E-state index contributed by atoms with van der Waals surface area (Å²) in [7, 11) is 0. The van der Waals surface area contributed by atoms with E-state index >= 15 is 0 Å². The second-order valence-electron chi connectivity index (χ2n) is 6.79. The topological polar surface area (TPSA) is 66.4 Å². The van der Waals surface area contributed by atoms with Gasteiger partial charge >= 0.3 is 5.97 Å². The van der Waals surface area contributed by atoms with E-state index in [0.29, 0.717) is 24.7 Å². The molecule has 0 radical (unpaired) electrons. The molecule has 3 rings (SSSR count). The highest BCUT2D eigenvalue weighted by Gasteiger charge is 2.40. The Morgan fingerprint density at radius 1 is 1.18 bits per heavy atom. The number of hydrogen-bond acceptors (Lipinski definition) is 2. The summed E-state index contributed by atoms with van der Waals surface area (Å²) in [4.78, 5) is 23.6. The first-order valence-electron chi connectivity index (χ1n) is 8.18. The van der Waals surface area contributed by atoms with Gasteiger partial charge in [0.05, 0.1) is 0 Å². The highest BCUT2D eigenvalue weighted by molar-refractivity contribution is 5.83. The predicted molar refractivity (Wildman–Crippen MR) is 83.3 cm³/mol. The number of benzene rings is 1. The van der Waals surface area contributed by atoms with Crippen LogP contribution in [0.25, 0.3) is 0 Å². The summed E-state index contributed by atoms with van der Waals surface area (Å²) >= 11 is 0. The molecule has 1 amide bonds. The van der Waals surface area contributed by atoms with Crippen LogP contribution in [0.4, 0.5) is 0 Å². The lowest BCUT2D eigenvalue weighted by molar-refractivity contribution is -0.142. The summed E-state index contributed by atoms with van der Waals surface area (Å²) in [6, 6.07) is 8.59. The standard InChI is InChI=1S/C18H23NO3/c20-17(11-15-9-13-6-7-14(15)8-13)19-16(18(21)22)10-12-4-2-1-3-5-12/h1-5,13-16H,6-11H2,(H,19,20)(H,21,22). The van der Waals surface area contributed by atoms with Crippen LogP contribution in [0.3, 0.4) is 0 Å². The minimum Gasteiger partial charge on any atom is -0.480 e. The Kier molecular flexibility index (Phi) is 4.46. The van der Waals surface area contributed by atoms with Crippen LogP contribution in [0.1, 0.15) is 37.7 Å². The molecule has 0 aliphatic heterocycles. The van der Waals surface area contributed by atoms with Crippen LogP contribution < -0.4 is 5.32 Å². The Labute approximate surface area is 130 Å². The average Bonchev–Trinajstić information content (AvgIpc) is 3.10. The number of hydrogen-bond donors (Lipinski definition) is 2. The van der Waals surface area contributed by atoms with Crippen molar-refractivity contribution in [3.8, 4) is 0 Å². The van der Waals surface area contributed by atoms with Gasteiger partial charge < -0.3 is 10.4 Å². The molecule has 2 saturated carbocycles. The van der Waals surface area contributed by atoms with E-state index < -0.39 is 12.0 Å². The maximum Gasteiger partial charge on any atom is 0.326 e. The van der Waals surface area contributed by atoms with Gasteiger partial charge in [0, 0.05) is 12.8 Å². The molecular weight excluding hydrogens is 278 g/mol. The third kappa shape index (κ3) is 3.49. The molecule has 4 atom stereocenters. The van der Waals surface area contributed by atoms with Gasteiger partial charge in [0.15, 0.2) is 0 Å². The maximum atomic E-state index is 12.2. The van der Waals surface area contributed by atoms with E-state index in [1.54, 1.807) is 0 Å². The summed E-state index contributed by atoms with van der Waals surface area (Å²) in [6.07, 6.45) is 5.79. The number of carbonyl (C=O) groups excluding carboxylic acids is 1. The maximum absolute atomic E-state index is 12.2. The summed E-state index contributed by atoms with van der Waals surface area (Å²) in [5.41, 5.74) is 0.926. The molecule has 1 aromatic rings. The van der Waals surface area contributed by atoms with Gasteiger partial charge in [0.2, 0.25) is 5.91 Å². The van der Waals surface area contributed by atoms with Gasteiger partial charge in [0.25, 0.3) is 0 Å². The molecule has 0 aromatic heterocycles. The van der Waals surface area contributed by atoms with Gasteiger partial charge in [0.1, 0.15) is 6.04 Å². The fourth-order valence-electron chi connectivity index (χ4n) is 4.17. The van der Waals surface area contributed by atoms with Crippen molar-refractivity contribution in [2.24, 2.45) is 17.8 Å². The van der Waals surface area contributed by atoms with E-state index in [2.05, 4.69) is 5.32 Å². The third-order valence-corrected chi connectivity index (χ3v) is 5.25. The zero-order chi connectivity index (χ0) is 15.5. The lowest BCUT2D eigenvalue weighted by Gasteiger charge is -2.22. The van der Waals surface area contributed by atoms with Gasteiger partial charge in [-0.25, -0.2) is 4.79 Å². The van der Waals surface area contributed by atoms with E-state index in [-0.39, 0.29) is 5.91 Å². The zero-order valence-corrected chi connectivity index (χ0v) is 12.7. The SMILES string of the molecule is O=C(CC1CC2CCC1C2)NC(Cc1ccccc1)C(=O)O. The molecule has 4 heteroatoms. The van der Waals surface area contributed by atoms with Gasteiger partial charge in [-0.2, -0.15) is 0 Å². The van der Waals surface area contributed by atoms with Crippen LogP contribution in [-0.2, 0) is 16.0 Å². The van der Waals surface area contributed by atoms with E-state index in [4.69, 9.17) is 0 Å². The quantitative estimate of drug-likeness (QED) is 0.849. The molecule has 2 fully saturated rings. The van der Waals surface area contributed by atoms with Crippen molar-refractivity contribution in [2.75, 3.05) is 0 Å². The van der Waals surface area contributed by atoms with Crippen molar-refractivity contribution in [2.45, 2.75) is 44.6 Å². The lowest BCUT2D eigenvalue weighted by atomic mass is 9.86. The molecule has 0 heterocycles. The summed E-state index contributed by atoms with van der Waals surface area (Å²) in [5.74, 6) is 0.881. The van der Waals surface area contributed by atoms with Crippen LogP contribution in [0, 0.1) is 17.8 Å². The number of carbonyl (C=O) groups is 2. The van der Waals surface area contributed by atoms with E-state index in [1.165, 1.54) is 19.3 Å². The number of fused-ring (bicyclic) bond motifs is 2. The molecule has 22 heavy (non-hydrogen) atoms. The molecule has 2 aliphatic carbocycles. The summed E-state index contributed by atoms with van der Waals surface area (Å²) < 4.78 is 0. The minimum absolute atomic E-state index is 0.110. The molecule has 0 spiro atoms. The first kappa shape index (κ1) is 15.1. The number of aliphatic carboxylic acids is 1. The molecule has 4 nitrogen and oxygen atoms in total. The fraction of sp³-hybridized carbons (Fsp3) is 0.556. The van der Waals surface area contributed by atoms with Crippen molar-refractivity contribution >= 4 is 11.9 Å². The molecule has 1 aromatic carbocycles. The Hall–Kier alpha value is -1.84. The van der Waals surface area contributed by atoms with Crippen LogP contribution in [0.15, 0.2) is 30.3 Å². The largest absolute Gasteiger partial charge is 0.480 e. The highest BCUT2D eigenvalue weighted by Crippen LogP contribution is 2.49. The van der Waals surface area contributed by atoms with Gasteiger partial charge in [-0.05, 0) is 42.6 Å². The molecule has 0 saturated heterocycles. The second-order valence-corrected chi connectivity index (χ2v) is 6.79. The lowest BCUT2D eigenvalue weighted by Crippen LogP contribution is -2.43. The molecule has 2 aliphatic rings. The Morgan fingerprint density at radius 3 is 2.55 bits per heavy atom. The van der Waals surface area contributed by atoms with Crippen LogP contribution in [0.5, 0.6) is 0 Å². The van der Waals surface area contributed by atoms with Crippen molar-refractivity contribution in [1.82, 2.24) is 5.32 Å². The first-order valence-corrected chi connectivity index (χ1v) is 8.18. The molecule has 118 valence electrons. The van der Waals surface area contributed by atoms with Crippen molar-refractivity contribution in [1.29, 1.82) is 0 Å². The van der Waals surface area contributed by atoms with Crippen molar-refractivity contribution < 1.29 is 14.7 Å². The van der Waals surface area contributed by atoms with E-state index in [9.17, 15) is 14.7 Å². The number of rotatable bonds is 6. The van der Waals surface area contributed by atoms with Crippen LogP contribution >= 0.6 is 0 Å². The number of nitrogens with one attached hydrogen (secondary N) is 1. The monoisotopic (exact) mass is 301 g/mol. The van der Waals surface area contributed by atoms with E-state index in [1.807, 2.05) is 30.3 Å². The predicted octanol–water partition coefficient (Wildman–Crippen LogP) is 2.62. The average molecular weight is 301 g/mol. The van der Waals surface area contributed by atoms with Gasteiger partial charge in [-0.3, -0.25) is 4.79 Å². The third-order valence-electron chi connectivity index (χ3n) is 5.25. The molecule has 2 N–H and O–H groups in total. The number of amides is 1. The number of carboxylic acids is 1. The summed E-state index contributed by atoms with van der Waals surface area (Å²) in [5, 5.41) is 12.0.